The maximum Gasteiger partial charge on any atom is 0.336 e. The molecule has 0 aliphatic carbocycles. The van der Waals surface area contributed by atoms with E-state index in [2.05, 4.69) is 6.92 Å². The lowest BCUT2D eigenvalue weighted by atomic mass is 10.0. The Bertz CT molecular complexity index is 622. The zero-order valence-electron chi connectivity index (χ0n) is 11.2. The molecule has 0 amide bonds. The van der Waals surface area contributed by atoms with Gasteiger partial charge in [-0.2, -0.15) is 0 Å². The number of phenols is 1. The van der Waals surface area contributed by atoms with E-state index in [1.54, 1.807) is 18.2 Å². The number of aliphatic carboxylic acids is 1. The lowest BCUT2D eigenvalue weighted by molar-refractivity contribution is -0.130. The van der Waals surface area contributed by atoms with E-state index in [0.717, 1.165) is 12.0 Å². The molecule has 102 valence electrons. The molecule has 0 aliphatic heterocycles. The van der Waals surface area contributed by atoms with Crippen LogP contribution in [0.5, 0.6) is 5.75 Å². The normalized spacial score (nSPS) is 11.3. The van der Waals surface area contributed by atoms with Crippen molar-refractivity contribution in [1.29, 1.82) is 0 Å². The van der Waals surface area contributed by atoms with Crippen LogP contribution in [0.2, 0.25) is 0 Å². The molecule has 0 aromatic heterocycles. The summed E-state index contributed by atoms with van der Waals surface area (Å²) in [5.41, 5.74) is 2.82. The molecule has 0 atom stereocenters. The predicted octanol–water partition coefficient (Wildman–Crippen LogP) is 3.58. The summed E-state index contributed by atoms with van der Waals surface area (Å²) >= 11 is 0. The summed E-state index contributed by atoms with van der Waals surface area (Å²) in [7, 11) is 0. The lowest BCUT2D eigenvalue weighted by Crippen LogP contribution is -1.99. The first-order valence-electron chi connectivity index (χ1n) is 6.43. The third-order valence-corrected chi connectivity index (χ3v) is 3.11. The number of carboxylic acid groups (broad SMARTS) is 1. The van der Waals surface area contributed by atoms with E-state index < -0.39 is 5.97 Å². The van der Waals surface area contributed by atoms with Crippen molar-refractivity contribution in [3.8, 4) is 5.75 Å². The van der Waals surface area contributed by atoms with Crippen molar-refractivity contribution < 1.29 is 15.0 Å². The van der Waals surface area contributed by atoms with E-state index in [1.807, 2.05) is 24.3 Å². The van der Waals surface area contributed by atoms with Crippen LogP contribution in [0.15, 0.2) is 48.5 Å². The maximum atomic E-state index is 11.4. The Morgan fingerprint density at radius 2 is 1.65 bits per heavy atom. The zero-order valence-corrected chi connectivity index (χ0v) is 11.2. The van der Waals surface area contributed by atoms with Crippen LogP contribution in [0.1, 0.15) is 23.6 Å². The molecule has 20 heavy (non-hydrogen) atoms. The van der Waals surface area contributed by atoms with E-state index in [4.69, 9.17) is 0 Å². The fourth-order valence-corrected chi connectivity index (χ4v) is 1.93. The number of phenolic OH excluding ortho intramolecular Hbond substituents is 1. The van der Waals surface area contributed by atoms with Gasteiger partial charge in [0, 0.05) is 0 Å². The summed E-state index contributed by atoms with van der Waals surface area (Å²) in [6.45, 7) is 2.07. The molecule has 2 N–H and O–H groups in total. The van der Waals surface area contributed by atoms with Crippen LogP contribution < -0.4 is 0 Å². The Balaban J connectivity index is 2.39. The van der Waals surface area contributed by atoms with Crippen LogP contribution in [0.4, 0.5) is 0 Å². The number of aryl methyl sites for hydroxylation is 1. The van der Waals surface area contributed by atoms with Gasteiger partial charge in [-0.25, -0.2) is 4.79 Å². The molecule has 2 aromatic rings. The van der Waals surface area contributed by atoms with Crippen molar-refractivity contribution in [3.05, 3.63) is 65.2 Å². The minimum atomic E-state index is -0.991. The number of hydrogen-bond donors (Lipinski definition) is 2. The Morgan fingerprint density at radius 1 is 1.05 bits per heavy atom. The quantitative estimate of drug-likeness (QED) is 0.658. The summed E-state index contributed by atoms with van der Waals surface area (Å²) in [5, 5.41) is 18.6. The van der Waals surface area contributed by atoms with E-state index in [1.165, 1.54) is 17.7 Å². The molecule has 2 rings (SSSR count). The first-order chi connectivity index (χ1) is 9.60. The van der Waals surface area contributed by atoms with Gasteiger partial charge in [0.05, 0.1) is 5.57 Å². The van der Waals surface area contributed by atoms with Crippen molar-refractivity contribution in [2.45, 2.75) is 13.3 Å². The van der Waals surface area contributed by atoms with E-state index in [-0.39, 0.29) is 11.3 Å². The molecule has 0 unspecified atom stereocenters. The van der Waals surface area contributed by atoms with Crippen molar-refractivity contribution in [1.82, 2.24) is 0 Å². The Hall–Kier alpha value is -2.55. The van der Waals surface area contributed by atoms with Crippen LogP contribution in [0.3, 0.4) is 0 Å². The predicted molar refractivity (Wildman–Crippen MR) is 79.4 cm³/mol. The van der Waals surface area contributed by atoms with Crippen LogP contribution in [-0.4, -0.2) is 16.2 Å². The first-order valence-corrected chi connectivity index (χ1v) is 6.43. The average Bonchev–Trinajstić information content (AvgIpc) is 2.46. The summed E-state index contributed by atoms with van der Waals surface area (Å²) in [6, 6.07) is 13.9. The molecule has 0 spiro atoms. The van der Waals surface area contributed by atoms with Crippen molar-refractivity contribution in [2.75, 3.05) is 0 Å². The van der Waals surface area contributed by atoms with Gasteiger partial charge in [-0.05, 0) is 41.3 Å². The molecular weight excluding hydrogens is 252 g/mol. The largest absolute Gasteiger partial charge is 0.508 e. The van der Waals surface area contributed by atoms with Gasteiger partial charge in [0.1, 0.15) is 5.75 Å². The van der Waals surface area contributed by atoms with E-state index in [9.17, 15) is 15.0 Å². The van der Waals surface area contributed by atoms with Crippen molar-refractivity contribution in [2.24, 2.45) is 0 Å². The topological polar surface area (TPSA) is 57.5 Å². The molecule has 0 heterocycles. The Morgan fingerprint density at radius 3 is 2.15 bits per heavy atom. The number of carbonyl (C=O) groups is 1. The summed E-state index contributed by atoms with van der Waals surface area (Å²) < 4.78 is 0. The number of benzene rings is 2. The molecule has 0 fully saturated rings. The highest BCUT2D eigenvalue weighted by atomic mass is 16.4. The SMILES string of the molecule is CCc1ccc(/C=C(\C(=O)O)c2ccc(O)cc2)cc1. The van der Waals surface area contributed by atoms with Crippen molar-refractivity contribution in [3.63, 3.8) is 0 Å². The second kappa shape index (κ2) is 6.06. The number of aromatic hydroxyl groups is 1. The number of rotatable bonds is 4. The van der Waals surface area contributed by atoms with Gasteiger partial charge in [-0.1, -0.05) is 43.3 Å². The van der Waals surface area contributed by atoms with Crippen LogP contribution in [0.25, 0.3) is 11.6 Å². The average molecular weight is 268 g/mol. The van der Waals surface area contributed by atoms with Gasteiger partial charge in [0.15, 0.2) is 0 Å². The van der Waals surface area contributed by atoms with Crippen LogP contribution in [-0.2, 0) is 11.2 Å². The van der Waals surface area contributed by atoms with E-state index in [0.29, 0.717) is 5.56 Å². The number of carboxylic acids is 1. The second-order valence-electron chi connectivity index (χ2n) is 4.51. The third kappa shape index (κ3) is 3.26. The molecule has 3 heteroatoms. The molecule has 0 bridgehead atoms. The molecule has 0 saturated carbocycles. The Kier molecular flexibility index (Phi) is 4.20. The standard InChI is InChI=1S/C17H16O3/c1-2-12-3-5-13(6-4-12)11-16(17(19)20)14-7-9-15(18)10-8-14/h3-11,18H,2H2,1H3,(H,19,20)/b16-11-. The zero-order chi connectivity index (χ0) is 14.5. The Labute approximate surface area is 117 Å². The van der Waals surface area contributed by atoms with Crippen molar-refractivity contribution >= 4 is 17.6 Å². The fraction of sp³-hybridized carbons (Fsp3) is 0.118. The molecule has 0 radical (unpaired) electrons. The highest BCUT2D eigenvalue weighted by molar-refractivity contribution is 6.20. The summed E-state index contributed by atoms with van der Waals surface area (Å²) in [5.74, 6) is -0.874. The molecular formula is C17H16O3. The minimum absolute atomic E-state index is 0.116. The molecule has 0 aliphatic rings. The van der Waals surface area contributed by atoms with Gasteiger partial charge in [0.25, 0.3) is 0 Å². The van der Waals surface area contributed by atoms with Gasteiger partial charge < -0.3 is 10.2 Å². The van der Waals surface area contributed by atoms with Gasteiger partial charge in [0.2, 0.25) is 0 Å². The number of hydrogen-bond acceptors (Lipinski definition) is 2. The summed E-state index contributed by atoms with van der Waals surface area (Å²) in [4.78, 5) is 11.4. The lowest BCUT2D eigenvalue weighted by Gasteiger charge is -2.04. The van der Waals surface area contributed by atoms with E-state index >= 15 is 0 Å². The third-order valence-electron chi connectivity index (χ3n) is 3.11. The minimum Gasteiger partial charge on any atom is -0.508 e. The smallest absolute Gasteiger partial charge is 0.336 e. The molecule has 2 aromatic carbocycles. The van der Waals surface area contributed by atoms with Gasteiger partial charge in [-0.3, -0.25) is 0 Å². The van der Waals surface area contributed by atoms with Crippen LogP contribution >= 0.6 is 0 Å². The molecule has 3 nitrogen and oxygen atoms in total. The monoisotopic (exact) mass is 268 g/mol. The highest BCUT2D eigenvalue weighted by Crippen LogP contribution is 2.21. The highest BCUT2D eigenvalue weighted by Gasteiger charge is 2.10. The van der Waals surface area contributed by atoms with Gasteiger partial charge >= 0.3 is 5.97 Å². The van der Waals surface area contributed by atoms with Gasteiger partial charge in [-0.15, -0.1) is 0 Å². The maximum absolute atomic E-state index is 11.4. The second-order valence-corrected chi connectivity index (χ2v) is 4.51. The molecule has 0 saturated heterocycles. The first kappa shape index (κ1) is 13.9. The fourth-order valence-electron chi connectivity index (χ4n) is 1.93. The summed E-state index contributed by atoms with van der Waals surface area (Å²) in [6.07, 6.45) is 2.59. The van der Waals surface area contributed by atoms with Crippen LogP contribution in [0, 0.1) is 0 Å².